The number of thiophene rings is 1. The Hall–Kier alpha value is -1.81. The van der Waals surface area contributed by atoms with Crippen LogP contribution in [-0.4, -0.2) is 5.91 Å². The van der Waals surface area contributed by atoms with Gasteiger partial charge in [0.25, 0.3) is 5.91 Å². The average Bonchev–Trinajstić information content (AvgIpc) is 2.83. The van der Waals surface area contributed by atoms with Crippen LogP contribution in [0.3, 0.4) is 0 Å². The predicted octanol–water partition coefficient (Wildman–Crippen LogP) is 4.10. The maximum Gasteiger partial charge on any atom is 0.258 e. The van der Waals surface area contributed by atoms with Crippen molar-refractivity contribution < 1.29 is 4.79 Å². The lowest BCUT2D eigenvalue weighted by atomic mass is 9.85. The summed E-state index contributed by atoms with van der Waals surface area (Å²) >= 11 is 1.59. The Morgan fingerprint density at radius 1 is 1.38 bits per heavy atom. The van der Waals surface area contributed by atoms with E-state index < -0.39 is 0 Å². The van der Waals surface area contributed by atoms with Gasteiger partial charge in [-0.15, -0.1) is 11.3 Å². The van der Waals surface area contributed by atoms with E-state index in [-0.39, 0.29) is 5.91 Å². The van der Waals surface area contributed by atoms with Crippen LogP contribution in [0.1, 0.15) is 40.6 Å². The normalized spacial score (nSPS) is 17.3. The summed E-state index contributed by atoms with van der Waals surface area (Å²) in [5.74, 6) is 0.659. The van der Waals surface area contributed by atoms with E-state index in [0.29, 0.717) is 10.6 Å². The predicted molar refractivity (Wildman–Crippen MR) is 88.9 cm³/mol. The second kappa shape index (κ2) is 5.90. The van der Waals surface area contributed by atoms with Crippen molar-refractivity contribution in [2.45, 2.75) is 32.6 Å². The first kappa shape index (κ1) is 14.1. The molecule has 1 aromatic heterocycles. The van der Waals surface area contributed by atoms with Crippen LogP contribution in [0.2, 0.25) is 0 Å². The highest BCUT2D eigenvalue weighted by Crippen LogP contribution is 2.39. The molecule has 0 radical (unpaired) electrons. The molecule has 0 spiro atoms. The monoisotopic (exact) mass is 300 g/mol. The molecular formula is C17H20N2OS. The maximum absolute atomic E-state index is 12.5. The van der Waals surface area contributed by atoms with Crippen molar-refractivity contribution in [2.75, 3.05) is 11.1 Å². The Labute approximate surface area is 129 Å². The molecule has 3 N–H and O–H groups in total. The molecule has 1 atom stereocenters. The molecule has 1 aliphatic carbocycles. The lowest BCUT2D eigenvalue weighted by Gasteiger charge is -2.21. The zero-order valence-electron chi connectivity index (χ0n) is 12.2. The van der Waals surface area contributed by atoms with Crippen molar-refractivity contribution in [2.24, 2.45) is 5.92 Å². The molecule has 0 saturated heterocycles. The third-order valence-corrected chi connectivity index (χ3v) is 5.31. The quantitative estimate of drug-likeness (QED) is 0.896. The SMILES string of the molecule is CC[C@H]1CCc2c(sc(N)c2C(=O)Nc2ccccc2)C1. The van der Waals surface area contributed by atoms with Gasteiger partial charge in [-0.2, -0.15) is 0 Å². The standard InChI is InChI=1S/C17H20N2OS/c1-2-11-8-9-13-14(10-11)21-16(18)15(13)17(20)19-12-6-4-3-5-7-12/h3-7,11H,2,8-10,18H2,1H3,(H,19,20)/t11-/m0/s1. The summed E-state index contributed by atoms with van der Waals surface area (Å²) in [6.07, 6.45) is 4.40. The largest absolute Gasteiger partial charge is 0.390 e. The summed E-state index contributed by atoms with van der Waals surface area (Å²) in [4.78, 5) is 13.8. The molecule has 1 aliphatic rings. The summed E-state index contributed by atoms with van der Waals surface area (Å²) in [5, 5.41) is 3.61. The minimum absolute atomic E-state index is 0.0776. The van der Waals surface area contributed by atoms with E-state index in [2.05, 4.69) is 12.2 Å². The molecule has 0 fully saturated rings. The smallest absolute Gasteiger partial charge is 0.258 e. The van der Waals surface area contributed by atoms with Crippen molar-refractivity contribution >= 4 is 27.9 Å². The van der Waals surface area contributed by atoms with Crippen LogP contribution >= 0.6 is 11.3 Å². The lowest BCUT2D eigenvalue weighted by molar-refractivity contribution is 0.102. The number of carbonyl (C=O) groups is 1. The number of benzene rings is 1. The lowest BCUT2D eigenvalue weighted by Crippen LogP contribution is -2.18. The number of nitrogens with one attached hydrogen (secondary N) is 1. The van der Waals surface area contributed by atoms with Gasteiger partial charge < -0.3 is 11.1 Å². The summed E-state index contributed by atoms with van der Waals surface area (Å²) in [5.41, 5.74) is 8.81. The van der Waals surface area contributed by atoms with Crippen LogP contribution in [0.15, 0.2) is 30.3 Å². The number of anilines is 2. The van der Waals surface area contributed by atoms with E-state index in [4.69, 9.17) is 5.73 Å². The molecule has 1 heterocycles. The molecule has 1 aromatic carbocycles. The number of para-hydroxylation sites is 1. The van der Waals surface area contributed by atoms with E-state index in [1.807, 2.05) is 30.3 Å². The first-order chi connectivity index (χ1) is 10.2. The van der Waals surface area contributed by atoms with Crippen LogP contribution in [0, 0.1) is 5.92 Å². The van der Waals surface area contributed by atoms with Crippen LogP contribution in [0.25, 0.3) is 0 Å². The van der Waals surface area contributed by atoms with Gasteiger partial charge in [0, 0.05) is 10.6 Å². The second-order valence-corrected chi connectivity index (χ2v) is 6.72. The highest BCUT2D eigenvalue weighted by molar-refractivity contribution is 7.16. The van der Waals surface area contributed by atoms with Gasteiger partial charge in [-0.05, 0) is 42.9 Å². The van der Waals surface area contributed by atoms with Crippen molar-refractivity contribution in [3.63, 3.8) is 0 Å². The van der Waals surface area contributed by atoms with Gasteiger partial charge in [-0.3, -0.25) is 4.79 Å². The van der Waals surface area contributed by atoms with Gasteiger partial charge in [-0.1, -0.05) is 31.5 Å². The Morgan fingerprint density at radius 3 is 2.86 bits per heavy atom. The zero-order chi connectivity index (χ0) is 14.8. The number of fused-ring (bicyclic) bond motifs is 1. The molecule has 0 aliphatic heterocycles. The molecule has 3 nitrogen and oxygen atoms in total. The van der Waals surface area contributed by atoms with E-state index in [1.54, 1.807) is 11.3 Å². The molecule has 0 saturated carbocycles. The molecule has 3 rings (SSSR count). The first-order valence-corrected chi connectivity index (χ1v) is 8.27. The van der Waals surface area contributed by atoms with Crippen LogP contribution in [0.5, 0.6) is 0 Å². The van der Waals surface area contributed by atoms with Crippen molar-refractivity contribution in [1.82, 2.24) is 0 Å². The number of nitrogen functional groups attached to an aromatic ring is 1. The fourth-order valence-electron chi connectivity index (χ4n) is 2.99. The molecule has 4 heteroatoms. The first-order valence-electron chi connectivity index (χ1n) is 7.45. The molecule has 21 heavy (non-hydrogen) atoms. The number of rotatable bonds is 3. The molecular weight excluding hydrogens is 280 g/mol. The average molecular weight is 300 g/mol. The maximum atomic E-state index is 12.5. The Bertz CT molecular complexity index is 648. The number of nitrogens with two attached hydrogens (primary N) is 1. The summed E-state index contributed by atoms with van der Waals surface area (Å²) in [7, 11) is 0. The van der Waals surface area contributed by atoms with Gasteiger partial charge in [0.15, 0.2) is 0 Å². The fourth-order valence-corrected chi connectivity index (χ4v) is 4.22. The number of hydrogen-bond acceptors (Lipinski definition) is 3. The van der Waals surface area contributed by atoms with Gasteiger partial charge >= 0.3 is 0 Å². The van der Waals surface area contributed by atoms with E-state index in [0.717, 1.165) is 30.9 Å². The Kier molecular flexibility index (Phi) is 3.97. The molecule has 0 unspecified atom stereocenters. The molecule has 0 bridgehead atoms. The Balaban J connectivity index is 1.86. The Morgan fingerprint density at radius 2 is 2.14 bits per heavy atom. The topological polar surface area (TPSA) is 55.1 Å². The fraction of sp³-hybridized carbons (Fsp3) is 0.353. The third kappa shape index (κ3) is 2.81. The van der Waals surface area contributed by atoms with E-state index in [9.17, 15) is 4.79 Å². The summed E-state index contributed by atoms with van der Waals surface area (Å²) < 4.78 is 0. The van der Waals surface area contributed by atoms with Crippen molar-refractivity contribution in [1.29, 1.82) is 0 Å². The van der Waals surface area contributed by atoms with Crippen molar-refractivity contribution in [3.05, 3.63) is 46.3 Å². The van der Waals surface area contributed by atoms with Gasteiger partial charge in [0.2, 0.25) is 0 Å². The van der Waals surface area contributed by atoms with Crippen molar-refractivity contribution in [3.8, 4) is 0 Å². The second-order valence-electron chi connectivity index (χ2n) is 5.58. The number of hydrogen-bond donors (Lipinski definition) is 2. The van der Waals surface area contributed by atoms with Crippen LogP contribution < -0.4 is 11.1 Å². The van der Waals surface area contributed by atoms with Crippen LogP contribution in [-0.2, 0) is 12.8 Å². The van der Waals surface area contributed by atoms with Crippen LogP contribution in [0.4, 0.5) is 10.7 Å². The summed E-state index contributed by atoms with van der Waals surface area (Å²) in [6.45, 7) is 2.23. The molecule has 1 amide bonds. The minimum atomic E-state index is -0.0776. The van der Waals surface area contributed by atoms with Gasteiger partial charge in [0.05, 0.1) is 10.6 Å². The van der Waals surface area contributed by atoms with E-state index >= 15 is 0 Å². The highest BCUT2D eigenvalue weighted by atomic mass is 32.1. The number of carbonyl (C=O) groups excluding carboxylic acids is 1. The molecule has 2 aromatic rings. The summed E-state index contributed by atoms with van der Waals surface area (Å²) in [6, 6.07) is 9.53. The minimum Gasteiger partial charge on any atom is -0.390 e. The van der Waals surface area contributed by atoms with E-state index in [1.165, 1.54) is 16.9 Å². The highest BCUT2D eigenvalue weighted by Gasteiger charge is 2.27. The van der Waals surface area contributed by atoms with Gasteiger partial charge in [0.1, 0.15) is 0 Å². The molecule has 110 valence electrons. The van der Waals surface area contributed by atoms with Gasteiger partial charge in [-0.25, -0.2) is 0 Å². The zero-order valence-corrected chi connectivity index (χ0v) is 13.0. The number of amides is 1. The third-order valence-electron chi connectivity index (χ3n) is 4.23.